The highest BCUT2D eigenvalue weighted by molar-refractivity contribution is 5.50. The molecule has 0 radical (unpaired) electrons. The first-order valence-electron chi connectivity index (χ1n) is 6.41. The molecule has 1 aromatic carbocycles. The van der Waals surface area contributed by atoms with Gasteiger partial charge < -0.3 is 10.2 Å². The van der Waals surface area contributed by atoms with Crippen molar-refractivity contribution in [2.24, 2.45) is 0 Å². The van der Waals surface area contributed by atoms with Gasteiger partial charge in [0.25, 0.3) is 0 Å². The van der Waals surface area contributed by atoms with Crippen LogP contribution in [-0.2, 0) is 0 Å². The lowest BCUT2D eigenvalue weighted by Gasteiger charge is -2.23. The molecular weight excluding hydrogens is 208 g/mol. The molecule has 2 rings (SSSR count). The predicted molar refractivity (Wildman–Crippen MR) is 74.5 cm³/mol. The van der Waals surface area contributed by atoms with Crippen molar-refractivity contribution >= 4 is 5.69 Å². The Kier molecular flexibility index (Phi) is 3.85. The summed E-state index contributed by atoms with van der Waals surface area (Å²) in [6, 6.07) is 10.0. The van der Waals surface area contributed by atoms with Gasteiger partial charge in [0.15, 0.2) is 0 Å². The number of hydrogen-bond donors (Lipinski definition) is 1. The second kappa shape index (κ2) is 5.37. The summed E-state index contributed by atoms with van der Waals surface area (Å²) in [6.07, 6.45) is 4.63. The first kappa shape index (κ1) is 12.2. The molecular formula is C15H22N2. The lowest BCUT2D eigenvalue weighted by molar-refractivity contribution is 0.652. The summed E-state index contributed by atoms with van der Waals surface area (Å²) in [6.45, 7) is 6.97. The Morgan fingerprint density at radius 2 is 2.06 bits per heavy atom. The summed E-state index contributed by atoms with van der Waals surface area (Å²) in [7, 11) is 1.99. The van der Waals surface area contributed by atoms with Crippen LogP contribution in [0.1, 0.15) is 31.4 Å². The maximum absolute atomic E-state index is 3.84. The van der Waals surface area contributed by atoms with E-state index < -0.39 is 0 Å². The maximum atomic E-state index is 3.84. The average molecular weight is 230 g/mol. The van der Waals surface area contributed by atoms with Crippen LogP contribution in [-0.4, -0.2) is 19.6 Å². The van der Waals surface area contributed by atoms with Gasteiger partial charge in [-0.3, -0.25) is 0 Å². The molecule has 1 fully saturated rings. The standard InChI is InChI=1S/C15H22N2/c1-4-11-17(15-9-10-15)14-7-5-13(6-8-14)12(2)16-3/h4-8,12,15-16H,1,9-11H2,2-3H3. The molecule has 0 heterocycles. The predicted octanol–water partition coefficient (Wildman–Crippen LogP) is 3.12. The van der Waals surface area contributed by atoms with Gasteiger partial charge in [-0.05, 0) is 44.5 Å². The molecule has 0 spiro atoms. The number of nitrogens with one attached hydrogen (secondary N) is 1. The SMILES string of the molecule is C=CCN(c1ccc(C(C)NC)cc1)C1CC1. The van der Waals surface area contributed by atoms with Crippen molar-refractivity contribution in [3.05, 3.63) is 42.5 Å². The summed E-state index contributed by atoms with van der Waals surface area (Å²) in [4.78, 5) is 2.45. The van der Waals surface area contributed by atoms with E-state index in [1.165, 1.54) is 24.1 Å². The molecule has 1 aromatic rings. The molecule has 0 aromatic heterocycles. The van der Waals surface area contributed by atoms with Crippen LogP contribution in [0.2, 0.25) is 0 Å². The van der Waals surface area contributed by atoms with Crippen molar-refractivity contribution < 1.29 is 0 Å². The van der Waals surface area contributed by atoms with Gasteiger partial charge in [-0.15, -0.1) is 6.58 Å². The third kappa shape index (κ3) is 2.89. The number of nitrogens with zero attached hydrogens (tertiary/aromatic N) is 1. The van der Waals surface area contributed by atoms with Gasteiger partial charge in [0.2, 0.25) is 0 Å². The summed E-state index contributed by atoms with van der Waals surface area (Å²) >= 11 is 0. The van der Waals surface area contributed by atoms with Gasteiger partial charge in [0.1, 0.15) is 0 Å². The Balaban J connectivity index is 2.12. The first-order chi connectivity index (χ1) is 8.26. The highest BCUT2D eigenvalue weighted by atomic mass is 15.2. The molecule has 0 bridgehead atoms. The Labute approximate surface area is 104 Å². The van der Waals surface area contributed by atoms with Crippen molar-refractivity contribution in [3.63, 3.8) is 0 Å². The number of rotatable bonds is 6. The molecule has 1 aliphatic rings. The fourth-order valence-corrected chi connectivity index (χ4v) is 2.11. The zero-order valence-corrected chi connectivity index (χ0v) is 10.8. The van der Waals surface area contributed by atoms with Gasteiger partial charge >= 0.3 is 0 Å². The van der Waals surface area contributed by atoms with E-state index in [-0.39, 0.29) is 0 Å². The molecule has 0 aliphatic heterocycles. The number of anilines is 1. The van der Waals surface area contributed by atoms with E-state index in [2.05, 4.69) is 48.0 Å². The van der Waals surface area contributed by atoms with Gasteiger partial charge in [-0.1, -0.05) is 18.2 Å². The van der Waals surface area contributed by atoms with Crippen LogP contribution in [0.15, 0.2) is 36.9 Å². The minimum Gasteiger partial charge on any atom is -0.365 e. The minimum atomic E-state index is 0.415. The topological polar surface area (TPSA) is 15.3 Å². The van der Waals surface area contributed by atoms with Crippen LogP contribution >= 0.6 is 0 Å². The fourth-order valence-electron chi connectivity index (χ4n) is 2.11. The van der Waals surface area contributed by atoms with Crippen LogP contribution in [0.4, 0.5) is 5.69 Å². The summed E-state index contributed by atoms with van der Waals surface area (Å²) in [5, 5.41) is 3.26. The monoisotopic (exact) mass is 230 g/mol. The summed E-state index contributed by atoms with van der Waals surface area (Å²) in [5.74, 6) is 0. The largest absolute Gasteiger partial charge is 0.365 e. The lowest BCUT2D eigenvalue weighted by atomic mass is 10.1. The van der Waals surface area contributed by atoms with E-state index in [0.717, 1.165) is 12.6 Å². The van der Waals surface area contributed by atoms with E-state index in [4.69, 9.17) is 0 Å². The smallest absolute Gasteiger partial charge is 0.0371 e. The highest BCUT2D eigenvalue weighted by Crippen LogP contribution is 2.31. The maximum Gasteiger partial charge on any atom is 0.0371 e. The highest BCUT2D eigenvalue weighted by Gasteiger charge is 2.28. The first-order valence-corrected chi connectivity index (χ1v) is 6.41. The van der Waals surface area contributed by atoms with E-state index in [0.29, 0.717) is 6.04 Å². The molecule has 1 atom stereocenters. The van der Waals surface area contributed by atoms with E-state index >= 15 is 0 Å². The van der Waals surface area contributed by atoms with Crippen LogP contribution in [0, 0.1) is 0 Å². The van der Waals surface area contributed by atoms with Crippen LogP contribution in [0.25, 0.3) is 0 Å². The molecule has 1 N–H and O–H groups in total. The summed E-state index contributed by atoms with van der Waals surface area (Å²) < 4.78 is 0. The van der Waals surface area contributed by atoms with Crippen molar-refractivity contribution in [3.8, 4) is 0 Å². The third-order valence-electron chi connectivity index (χ3n) is 3.47. The normalized spacial score (nSPS) is 16.6. The molecule has 17 heavy (non-hydrogen) atoms. The number of hydrogen-bond acceptors (Lipinski definition) is 2. The Morgan fingerprint density at radius 1 is 1.41 bits per heavy atom. The molecule has 1 saturated carbocycles. The van der Waals surface area contributed by atoms with Crippen LogP contribution in [0.3, 0.4) is 0 Å². The molecule has 1 unspecified atom stereocenters. The van der Waals surface area contributed by atoms with Gasteiger partial charge in [0, 0.05) is 24.3 Å². The lowest BCUT2D eigenvalue weighted by Crippen LogP contribution is -2.25. The minimum absolute atomic E-state index is 0.415. The fraction of sp³-hybridized carbons (Fsp3) is 0.467. The quantitative estimate of drug-likeness (QED) is 0.755. The molecule has 2 nitrogen and oxygen atoms in total. The Bertz CT molecular complexity index is 365. The molecule has 0 saturated heterocycles. The van der Waals surface area contributed by atoms with Gasteiger partial charge in [0.05, 0.1) is 0 Å². The number of benzene rings is 1. The van der Waals surface area contributed by atoms with E-state index in [9.17, 15) is 0 Å². The van der Waals surface area contributed by atoms with Gasteiger partial charge in [-0.25, -0.2) is 0 Å². The second-order valence-electron chi connectivity index (χ2n) is 4.77. The summed E-state index contributed by atoms with van der Waals surface area (Å²) in [5.41, 5.74) is 2.66. The Hall–Kier alpha value is -1.28. The molecule has 2 heteroatoms. The van der Waals surface area contributed by atoms with Crippen LogP contribution in [0.5, 0.6) is 0 Å². The molecule has 1 aliphatic carbocycles. The van der Waals surface area contributed by atoms with Crippen LogP contribution < -0.4 is 10.2 Å². The van der Waals surface area contributed by atoms with Gasteiger partial charge in [-0.2, -0.15) is 0 Å². The van der Waals surface area contributed by atoms with E-state index in [1.807, 2.05) is 13.1 Å². The van der Waals surface area contributed by atoms with E-state index in [1.54, 1.807) is 0 Å². The molecule has 0 amide bonds. The Morgan fingerprint density at radius 3 is 2.53 bits per heavy atom. The molecule has 92 valence electrons. The zero-order valence-electron chi connectivity index (χ0n) is 10.8. The zero-order chi connectivity index (χ0) is 12.3. The van der Waals surface area contributed by atoms with Crippen molar-refractivity contribution in [1.29, 1.82) is 0 Å². The second-order valence-corrected chi connectivity index (χ2v) is 4.77. The third-order valence-corrected chi connectivity index (χ3v) is 3.47. The van der Waals surface area contributed by atoms with Crippen molar-refractivity contribution in [1.82, 2.24) is 5.32 Å². The average Bonchev–Trinajstić information content (AvgIpc) is 3.19. The van der Waals surface area contributed by atoms with Crippen molar-refractivity contribution in [2.75, 3.05) is 18.5 Å². The van der Waals surface area contributed by atoms with Crippen molar-refractivity contribution in [2.45, 2.75) is 31.8 Å².